The van der Waals surface area contributed by atoms with Crippen LogP contribution in [0.2, 0.25) is 0 Å². The second-order valence-electron chi connectivity index (χ2n) is 32.7. The van der Waals surface area contributed by atoms with Gasteiger partial charge < -0.3 is 60.2 Å². The fraction of sp³-hybridized carbons (Fsp3) is 0.0841. The van der Waals surface area contributed by atoms with Gasteiger partial charge >= 0.3 is 22.8 Å². The third kappa shape index (κ3) is 20.9. The number of thiophene rings is 1. The van der Waals surface area contributed by atoms with Gasteiger partial charge in [-0.1, -0.05) is 133 Å². The van der Waals surface area contributed by atoms with Crippen LogP contribution in [-0.2, 0) is 54.4 Å². The van der Waals surface area contributed by atoms with Crippen molar-refractivity contribution < 1.29 is 38.0 Å². The van der Waals surface area contributed by atoms with Crippen LogP contribution in [-0.4, -0.2) is 82.9 Å². The Balaban J connectivity index is 0.000000135. The van der Waals surface area contributed by atoms with Gasteiger partial charge in [0, 0.05) is 85.5 Å². The molecule has 13 aromatic carbocycles. The van der Waals surface area contributed by atoms with Crippen molar-refractivity contribution in [2.45, 2.75) is 33.1 Å². The Kier molecular flexibility index (Phi) is 28.2. The Labute approximate surface area is 802 Å². The number of hydrogen-bond acceptors (Lipinski definition) is 17. The summed E-state index contributed by atoms with van der Waals surface area (Å²) in [5.41, 5.74) is 40.2. The van der Waals surface area contributed by atoms with Crippen molar-refractivity contribution in [3.8, 4) is 0 Å². The molecule has 15 N–H and O–H groups in total. The largest absolute Gasteiger partial charge is 0.397 e. The number of rotatable bonds is 22. The van der Waals surface area contributed by atoms with Crippen LogP contribution in [0.4, 0.5) is 67.0 Å². The second kappa shape index (κ2) is 41.8. The molecule has 0 aliphatic rings. The van der Waals surface area contributed by atoms with E-state index in [2.05, 4.69) is 42.2 Å². The SMILES string of the molecule is Cc1cc(C(=O)Nc2ccc(F)cc2N)ccc1Cn1c(=O)n(C)c2ccccc21.Cn1c(=O)n(Cc2ccc(C(=O)Nc3ccccc3N)cc2NC(=O)c2ccccc2)c2ccccc21.Cn1c(=O)n(Cc2ccc(C(=O)Nc3ccccc3N)cc2NC(=O)c2cccnc2)c2ccccc21.Cn1c(=O)n(Cc2ccc(C(=O)Nc3ccccc3N)cc2NC(=O)c2cccs2)c2ccccc21. The quantitative estimate of drug-likeness (QED) is 0.0281. The van der Waals surface area contributed by atoms with Crippen molar-refractivity contribution in [1.82, 2.24) is 41.5 Å². The van der Waals surface area contributed by atoms with E-state index in [0.717, 1.165) is 61.3 Å². The summed E-state index contributed by atoms with van der Waals surface area (Å²) in [6.07, 6.45) is 3.04. The maximum absolute atomic E-state index is 13.2. The van der Waals surface area contributed by atoms with Crippen molar-refractivity contribution in [3.05, 3.63) is 447 Å². The van der Waals surface area contributed by atoms with E-state index in [1.807, 2.05) is 121 Å². The molecular formula is C107H93FN20O11S. The number of aromatic nitrogens is 9. The number of carbonyl (C=O) groups is 7. The van der Waals surface area contributed by atoms with Crippen LogP contribution in [0, 0.1) is 12.7 Å². The first-order valence-corrected chi connectivity index (χ1v) is 44.8. The average Bonchev–Trinajstić information content (AvgIpc) is 1.63. The van der Waals surface area contributed by atoms with Gasteiger partial charge in [0.2, 0.25) is 0 Å². The van der Waals surface area contributed by atoms with E-state index in [0.29, 0.717) is 118 Å². The fourth-order valence-corrected chi connectivity index (χ4v) is 16.6. The van der Waals surface area contributed by atoms with Crippen LogP contribution in [0.3, 0.4) is 0 Å². The number of halogens is 1. The number of hydrogen-bond donors (Lipinski definition) is 11. The summed E-state index contributed by atoms with van der Waals surface area (Å²) in [4.78, 5) is 147. The predicted molar refractivity (Wildman–Crippen MR) is 550 cm³/mol. The highest BCUT2D eigenvalue weighted by Gasteiger charge is 2.25. The lowest BCUT2D eigenvalue weighted by molar-refractivity contribution is 0.101. The maximum Gasteiger partial charge on any atom is 0.329 e. The Morgan fingerprint density at radius 1 is 0.286 bits per heavy atom. The van der Waals surface area contributed by atoms with E-state index < -0.39 is 5.82 Å². The van der Waals surface area contributed by atoms with Crippen LogP contribution in [0.5, 0.6) is 0 Å². The molecule has 33 heteroatoms. The lowest BCUT2D eigenvalue weighted by Crippen LogP contribution is -2.24. The molecule has 0 aliphatic heterocycles. The number of nitrogens with zero attached hydrogens (tertiary/aromatic N) is 9. The summed E-state index contributed by atoms with van der Waals surface area (Å²) < 4.78 is 26.2. The first-order chi connectivity index (χ1) is 67.6. The van der Waals surface area contributed by atoms with Crippen LogP contribution >= 0.6 is 11.3 Å². The van der Waals surface area contributed by atoms with Gasteiger partial charge in [0.15, 0.2) is 0 Å². The maximum atomic E-state index is 13.2. The van der Waals surface area contributed by atoms with Crippen LogP contribution < -0.4 is 82.9 Å². The number of benzene rings is 13. The molecule has 7 amide bonds. The molecule has 6 heterocycles. The topological polar surface area (TPSA) is 428 Å². The highest BCUT2D eigenvalue weighted by atomic mass is 32.1. The van der Waals surface area contributed by atoms with Gasteiger partial charge in [0.25, 0.3) is 41.4 Å². The zero-order valence-electron chi connectivity index (χ0n) is 76.2. The fourth-order valence-electron chi connectivity index (χ4n) is 16.0. The predicted octanol–water partition coefficient (Wildman–Crippen LogP) is 16.6. The lowest BCUT2D eigenvalue weighted by atomic mass is 10.0. The summed E-state index contributed by atoms with van der Waals surface area (Å²) >= 11 is 1.32. The van der Waals surface area contributed by atoms with Gasteiger partial charge in [0.05, 0.1) is 126 Å². The molecule has 700 valence electrons. The smallest absolute Gasteiger partial charge is 0.329 e. The molecule has 0 saturated carbocycles. The van der Waals surface area contributed by atoms with E-state index in [9.17, 15) is 57.1 Å². The molecule has 140 heavy (non-hydrogen) atoms. The Hall–Kier alpha value is -18.8. The van der Waals surface area contributed by atoms with E-state index in [1.165, 1.54) is 29.7 Å². The summed E-state index contributed by atoms with van der Waals surface area (Å²) in [5.74, 6) is -2.93. The zero-order valence-corrected chi connectivity index (χ0v) is 77.0. The van der Waals surface area contributed by atoms with Gasteiger partial charge in [-0.2, -0.15) is 0 Å². The van der Waals surface area contributed by atoms with E-state index >= 15 is 0 Å². The molecule has 0 bridgehead atoms. The number of nitrogens with one attached hydrogen (secondary N) is 7. The standard InChI is InChI=1S/C29H25N5O3.C28H24N6O3.C27H23N5O3S.C23H21FN4O2/c1-33-25-13-7-8-14-26(25)34(29(33)37)18-21-16-15-20(28(36)31-23-12-6-5-11-22(23)30)17-24(21)32-27(35)19-9-3-2-4-10-19;1-33-24-10-4-5-11-25(24)34(28(33)37)17-20-13-12-18(26(35)31-22-9-3-2-8-21(22)29)15-23(20)32-27(36)19-7-6-14-30-16-19;1-31-22-9-4-5-10-23(22)32(27(31)35)16-18-13-12-17(25(33)29-20-8-3-2-7-19(20)28)15-21(18)30-26(34)24-11-6-14-36-24;1-14-11-15(22(29)26-19-10-9-17(24)12-18(19)25)7-8-16(14)13-28-21-6-4-3-5-20(21)27(2)23(28)30/h2-17H,18,30H2,1H3,(H,31,36)(H,32,35);2-16H,17,29H2,1H3,(H,31,35)(H,32,36);2-15H,16,28H2,1H3,(H,29,33)(H,30,34);3-12H,13,25H2,1-2H3,(H,26,29). The molecule has 0 aliphatic carbocycles. The second-order valence-corrected chi connectivity index (χ2v) is 33.6. The van der Waals surface area contributed by atoms with Crippen molar-refractivity contribution in [2.75, 3.05) is 60.2 Å². The van der Waals surface area contributed by atoms with E-state index in [-0.39, 0.29) is 89.4 Å². The van der Waals surface area contributed by atoms with Crippen molar-refractivity contribution >= 4 is 159 Å². The summed E-state index contributed by atoms with van der Waals surface area (Å²) in [5, 5.41) is 21.7. The van der Waals surface area contributed by atoms with E-state index in [1.54, 1.807) is 259 Å². The zero-order chi connectivity index (χ0) is 98.5. The lowest BCUT2D eigenvalue weighted by Gasteiger charge is -2.15. The molecule has 0 fully saturated rings. The summed E-state index contributed by atoms with van der Waals surface area (Å²) in [6.45, 7) is 2.91. The van der Waals surface area contributed by atoms with Gasteiger partial charge in [-0.25, -0.2) is 23.6 Å². The molecule has 19 aromatic rings. The molecule has 19 rings (SSSR count). The number of nitrogens with two attached hydrogens (primary N) is 4. The van der Waals surface area contributed by atoms with Crippen LogP contribution in [0.15, 0.2) is 352 Å². The Morgan fingerprint density at radius 2 is 0.586 bits per heavy atom. The Bertz CT molecular complexity index is 8030. The first kappa shape index (κ1) is 94.4. The highest BCUT2D eigenvalue weighted by molar-refractivity contribution is 7.12. The van der Waals surface area contributed by atoms with Gasteiger partial charge in [-0.15, -0.1) is 11.3 Å². The van der Waals surface area contributed by atoms with Gasteiger partial charge in [0.1, 0.15) is 5.82 Å². The number of imidazole rings is 4. The number of fused-ring (bicyclic) bond motifs is 4. The van der Waals surface area contributed by atoms with Crippen LogP contribution in [0.1, 0.15) is 99.6 Å². The molecule has 0 spiro atoms. The minimum absolute atomic E-state index is 0.0933. The third-order valence-electron chi connectivity index (χ3n) is 23.6. The minimum Gasteiger partial charge on any atom is -0.397 e. The number of para-hydroxylation sites is 14. The molecule has 6 aromatic heterocycles. The number of amides is 7. The monoisotopic (exact) mass is 1880 g/mol. The van der Waals surface area contributed by atoms with E-state index in [4.69, 9.17) is 22.9 Å². The minimum atomic E-state index is -0.464. The van der Waals surface area contributed by atoms with Gasteiger partial charge in [-0.3, -0.25) is 75.1 Å². The molecule has 0 radical (unpaired) electrons. The summed E-state index contributed by atoms with van der Waals surface area (Å²) in [6, 6.07) is 90.9. The van der Waals surface area contributed by atoms with Gasteiger partial charge in [-0.05, 0) is 222 Å². The van der Waals surface area contributed by atoms with Crippen molar-refractivity contribution in [2.24, 2.45) is 28.2 Å². The Morgan fingerprint density at radius 3 is 0.929 bits per heavy atom. The first-order valence-electron chi connectivity index (χ1n) is 43.9. The molecule has 0 atom stereocenters. The summed E-state index contributed by atoms with van der Waals surface area (Å²) in [7, 11) is 6.92. The highest BCUT2D eigenvalue weighted by Crippen LogP contribution is 2.31. The molecule has 0 saturated heterocycles. The average molecular weight is 1890 g/mol. The molecular weight excluding hydrogens is 1790 g/mol. The normalized spacial score (nSPS) is 10.9. The number of aryl methyl sites for hydroxylation is 5. The number of pyridine rings is 1. The van der Waals surface area contributed by atoms with Crippen molar-refractivity contribution in [1.29, 1.82) is 0 Å². The number of nitrogen functional groups attached to an aromatic ring is 4. The number of anilines is 11. The van der Waals surface area contributed by atoms with Crippen molar-refractivity contribution in [3.63, 3.8) is 0 Å². The molecule has 0 unspecified atom stereocenters. The molecule has 31 nitrogen and oxygen atoms in total. The number of carbonyl (C=O) groups excluding carboxylic acids is 7. The third-order valence-corrected chi connectivity index (χ3v) is 24.4. The van der Waals surface area contributed by atoms with Crippen LogP contribution in [0.25, 0.3) is 44.1 Å².